The first kappa shape index (κ1) is 18.7. The van der Waals surface area contributed by atoms with Gasteiger partial charge in [0.1, 0.15) is 5.82 Å². The standard InChI is InChI=1S/C19H15ClFN3O3/c20-14-3-1-2-13(10-14)16(25)8-9-17(26)22-11-18-23-19(24-27-18)12-4-6-15(21)7-5-12/h1-7,10H,8-9,11H2,(H,22,26). The van der Waals surface area contributed by atoms with Crippen molar-refractivity contribution in [3.8, 4) is 11.4 Å². The summed E-state index contributed by atoms with van der Waals surface area (Å²) in [5, 5.41) is 6.88. The minimum absolute atomic E-state index is 0.0320. The highest BCUT2D eigenvalue weighted by Gasteiger charge is 2.12. The molecule has 2 aromatic carbocycles. The van der Waals surface area contributed by atoms with Crippen molar-refractivity contribution in [1.82, 2.24) is 15.5 Å². The Morgan fingerprint density at radius 2 is 1.89 bits per heavy atom. The molecular formula is C19H15ClFN3O3. The quantitative estimate of drug-likeness (QED) is 0.623. The molecule has 0 saturated heterocycles. The van der Waals surface area contributed by atoms with Gasteiger partial charge in [-0.3, -0.25) is 9.59 Å². The molecule has 0 spiro atoms. The summed E-state index contributed by atoms with van der Waals surface area (Å²) in [4.78, 5) is 28.1. The van der Waals surface area contributed by atoms with E-state index in [1.54, 1.807) is 24.3 Å². The third kappa shape index (κ3) is 5.21. The van der Waals surface area contributed by atoms with Crippen molar-refractivity contribution < 1.29 is 18.5 Å². The number of nitrogens with one attached hydrogen (secondary N) is 1. The summed E-state index contributed by atoms with van der Waals surface area (Å²) in [5.74, 6) is -0.322. The molecule has 1 aromatic heterocycles. The number of hydrogen-bond donors (Lipinski definition) is 1. The van der Waals surface area contributed by atoms with Gasteiger partial charge in [0.15, 0.2) is 5.78 Å². The van der Waals surface area contributed by atoms with Gasteiger partial charge < -0.3 is 9.84 Å². The van der Waals surface area contributed by atoms with E-state index in [4.69, 9.17) is 16.1 Å². The predicted octanol–water partition coefficient (Wildman–Crippen LogP) is 3.81. The lowest BCUT2D eigenvalue weighted by Crippen LogP contribution is -2.23. The fourth-order valence-electron chi connectivity index (χ4n) is 2.34. The molecule has 1 N–H and O–H groups in total. The van der Waals surface area contributed by atoms with Gasteiger partial charge in [-0.25, -0.2) is 4.39 Å². The average Bonchev–Trinajstić information content (AvgIpc) is 3.14. The van der Waals surface area contributed by atoms with Crippen LogP contribution in [-0.2, 0) is 11.3 Å². The Hall–Kier alpha value is -3.06. The third-order valence-corrected chi connectivity index (χ3v) is 3.97. The third-order valence-electron chi connectivity index (χ3n) is 3.73. The number of Topliss-reactive ketones (excluding diaryl/α,β-unsaturated/α-hetero) is 1. The minimum atomic E-state index is -0.359. The van der Waals surface area contributed by atoms with Crippen LogP contribution in [0.25, 0.3) is 11.4 Å². The van der Waals surface area contributed by atoms with E-state index >= 15 is 0 Å². The van der Waals surface area contributed by atoms with Crippen LogP contribution in [0, 0.1) is 5.82 Å². The number of nitrogens with zero attached hydrogens (tertiary/aromatic N) is 2. The average molecular weight is 388 g/mol. The van der Waals surface area contributed by atoms with Crippen LogP contribution in [0.15, 0.2) is 53.1 Å². The minimum Gasteiger partial charge on any atom is -0.347 e. The Morgan fingerprint density at radius 3 is 2.63 bits per heavy atom. The molecule has 1 heterocycles. The molecule has 0 radical (unpaired) electrons. The molecule has 0 saturated carbocycles. The van der Waals surface area contributed by atoms with Crippen LogP contribution in [0.5, 0.6) is 0 Å². The molecule has 0 aliphatic heterocycles. The van der Waals surface area contributed by atoms with E-state index < -0.39 is 0 Å². The molecule has 0 unspecified atom stereocenters. The summed E-state index contributed by atoms with van der Waals surface area (Å²) >= 11 is 5.85. The van der Waals surface area contributed by atoms with E-state index in [1.165, 1.54) is 24.3 Å². The molecular weight excluding hydrogens is 373 g/mol. The van der Waals surface area contributed by atoms with E-state index in [-0.39, 0.29) is 42.8 Å². The topological polar surface area (TPSA) is 85.1 Å². The maximum atomic E-state index is 12.9. The van der Waals surface area contributed by atoms with Crippen LogP contribution in [0.1, 0.15) is 29.1 Å². The second kappa shape index (κ2) is 8.55. The van der Waals surface area contributed by atoms with Crippen molar-refractivity contribution >= 4 is 23.3 Å². The number of ketones is 1. The van der Waals surface area contributed by atoms with Crippen LogP contribution >= 0.6 is 11.6 Å². The molecule has 6 nitrogen and oxygen atoms in total. The predicted molar refractivity (Wildman–Crippen MR) is 96.6 cm³/mol. The summed E-state index contributed by atoms with van der Waals surface area (Å²) < 4.78 is 18.0. The number of hydrogen-bond acceptors (Lipinski definition) is 5. The Labute approximate surface area is 159 Å². The molecule has 8 heteroatoms. The van der Waals surface area contributed by atoms with Gasteiger partial charge in [-0.05, 0) is 36.4 Å². The summed E-state index contributed by atoms with van der Waals surface area (Å²) in [6.45, 7) is 0.0401. The Kier molecular flexibility index (Phi) is 5.93. The van der Waals surface area contributed by atoms with Crippen LogP contribution < -0.4 is 5.32 Å². The van der Waals surface area contributed by atoms with E-state index in [9.17, 15) is 14.0 Å². The smallest absolute Gasteiger partial charge is 0.246 e. The summed E-state index contributed by atoms with van der Waals surface area (Å²) in [7, 11) is 0. The zero-order valence-corrected chi connectivity index (χ0v) is 14.9. The number of halogens is 2. The van der Waals surface area contributed by atoms with Crippen molar-refractivity contribution in [2.24, 2.45) is 0 Å². The number of rotatable bonds is 7. The molecule has 0 bridgehead atoms. The molecule has 27 heavy (non-hydrogen) atoms. The van der Waals surface area contributed by atoms with Gasteiger partial charge in [-0.1, -0.05) is 28.9 Å². The number of benzene rings is 2. The van der Waals surface area contributed by atoms with Crippen molar-refractivity contribution in [2.75, 3.05) is 0 Å². The monoisotopic (exact) mass is 387 g/mol. The van der Waals surface area contributed by atoms with Gasteiger partial charge in [-0.2, -0.15) is 4.98 Å². The van der Waals surface area contributed by atoms with E-state index in [0.717, 1.165) is 0 Å². The van der Waals surface area contributed by atoms with Gasteiger partial charge in [0.05, 0.1) is 6.54 Å². The molecule has 0 aliphatic rings. The fourth-order valence-corrected chi connectivity index (χ4v) is 2.53. The Morgan fingerprint density at radius 1 is 1.11 bits per heavy atom. The van der Waals surface area contributed by atoms with Gasteiger partial charge in [-0.15, -0.1) is 0 Å². The largest absolute Gasteiger partial charge is 0.347 e. The van der Waals surface area contributed by atoms with E-state index in [2.05, 4.69) is 15.5 Å². The maximum absolute atomic E-state index is 12.9. The lowest BCUT2D eigenvalue weighted by molar-refractivity contribution is -0.121. The van der Waals surface area contributed by atoms with Gasteiger partial charge in [0.2, 0.25) is 17.6 Å². The van der Waals surface area contributed by atoms with Crippen molar-refractivity contribution in [3.05, 3.63) is 70.8 Å². The van der Waals surface area contributed by atoms with Gasteiger partial charge >= 0.3 is 0 Å². The molecule has 1 amide bonds. The zero-order valence-electron chi connectivity index (χ0n) is 14.1. The van der Waals surface area contributed by atoms with Crippen LogP contribution in [0.4, 0.5) is 4.39 Å². The normalized spacial score (nSPS) is 10.6. The highest BCUT2D eigenvalue weighted by atomic mass is 35.5. The maximum Gasteiger partial charge on any atom is 0.246 e. The zero-order chi connectivity index (χ0) is 19.2. The second-order valence-corrected chi connectivity index (χ2v) is 6.17. The molecule has 3 aromatic rings. The fraction of sp³-hybridized carbons (Fsp3) is 0.158. The number of carbonyl (C=O) groups excluding carboxylic acids is 2. The van der Waals surface area contributed by atoms with Crippen molar-refractivity contribution in [1.29, 1.82) is 0 Å². The van der Waals surface area contributed by atoms with Crippen molar-refractivity contribution in [2.45, 2.75) is 19.4 Å². The van der Waals surface area contributed by atoms with Crippen LogP contribution in [0.2, 0.25) is 5.02 Å². The first-order valence-corrected chi connectivity index (χ1v) is 8.53. The van der Waals surface area contributed by atoms with Gasteiger partial charge in [0.25, 0.3) is 0 Å². The lowest BCUT2D eigenvalue weighted by Gasteiger charge is -2.03. The molecule has 0 aliphatic carbocycles. The molecule has 3 rings (SSSR count). The first-order chi connectivity index (χ1) is 13.0. The van der Waals surface area contributed by atoms with E-state index in [0.29, 0.717) is 22.0 Å². The van der Waals surface area contributed by atoms with Gasteiger partial charge in [0, 0.05) is 29.0 Å². The van der Waals surface area contributed by atoms with E-state index in [1.807, 2.05) is 0 Å². The number of carbonyl (C=O) groups is 2. The lowest BCUT2D eigenvalue weighted by atomic mass is 10.1. The highest BCUT2D eigenvalue weighted by Crippen LogP contribution is 2.16. The molecule has 0 atom stereocenters. The molecule has 0 fully saturated rings. The Balaban J connectivity index is 1.48. The highest BCUT2D eigenvalue weighted by molar-refractivity contribution is 6.31. The first-order valence-electron chi connectivity index (χ1n) is 8.15. The number of amides is 1. The van der Waals surface area contributed by atoms with Crippen LogP contribution in [0.3, 0.4) is 0 Å². The van der Waals surface area contributed by atoms with Crippen molar-refractivity contribution in [3.63, 3.8) is 0 Å². The second-order valence-electron chi connectivity index (χ2n) is 5.73. The SMILES string of the molecule is O=C(CCC(=O)c1cccc(Cl)c1)NCc1nc(-c2ccc(F)cc2)no1. The van der Waals surface area contributed by atoms with Crippen LogP contribution in [-0.4, -0.2) is 21.8 Å². The Bertz CT molecular complexity index is 957. The summed E-state index contributed by atoms with van der Waals surface area (Å²) in [6, 6.07) is 12.2. The summed E-state index contributed by atoms with van der Waals surface area (Å²) in [6.07, 6.45) is 0.0984. The molecule has 138 valence electrons. The number of aromatic nitrogens is 2. The summed E-state index contributed by atoms with van der Waals surface area (Å²) in [5.41, 5.74) is 1.07.